The molecule has 3 rings (SSSR count). The van der Waals surface area contributed by atoms with E-state index in [4.69, 9.17) is 9.84 Å². The maximum Gasteiger partial charge on any atom is 0.507 e. The lowest BCUT2D eigenvalue weighted by molar-refractivity contribution is -0.190. The number of carboxylic acid groups (broad SMARTS) is 1. The summed E-state index contributed by atoms with van der Waals surface area (Å²) in [6.07, 6.45) is 0.238. The quantitative estimate of drug-likeness (QED) is 0.634. The number of nitrogens with zero attached hydrogens (tertiary/aromatic N) is 2. The van der Waals surface area contributed by atoms with Crippen LogP contribution in [0, 0.1) is 0 Å². The lowest BCUT2D eigenvalue weighted by Gasteiger charge is -2.42. The van der Waals surface area contributed by atoms with Gasteiger partial charge in [-0.15, -0.1) is 0 Å². The minimum absolute atomic E-state index is 0.180. The molecule has 2 aliphatic heterocycles. The van der Waals surface area contributed by atoms with Crippen molar-refractivity contribution in [3.05, 3.63) is 35.9 Å². The second-order valence-electron chi connectivity index (χ2n) is 7.61. The lowest BCUT2D eigenvalue weighted by Crippen LogP contribution is -2.60. The smallest absolute Gasteiger partial charge is 0.450 e. The Morgan fingerprint density at radius 2 is 1.87 bits per heavy atom. The molecule has 0 aromatic heterocycles. The zero-order valence-corrected chi connectivity index (χ0v) is 18.2. The van der Waals surface area contributed by atoms with Crippen molar-refractivity contribution in [2.45, 2.75) is 56.5 Å². The van der Waals surface area contributed by atoms with Crippen molar-refractivity contribution in [1.29, 1.82) is 0 Å². The van der Waals surface area contributed by atoms with Crippen LogP contribution in [-0.4, -0.2) is 68.8 Å². The van der Waals surface area contributed by atoms with Crippen molar-refractivity contribution in [3.63, 3.8) is 0 Å². The fraction of sp³-hybridized carbons (Fsp3) is 0.524. The van der Waals surface area contributed by atoms with Gasteiger partial charge in [0.1, 0.15) is 6.04 Å². The highest BCUT2D eigenvalue weighted by atomic mass is 32.2. The van der Waals surface area contributed by atoms with Crippen molar-refractivity contribution < 1.29 is 29.0 Å². The van der Waals surface area contributed by atoms with Crippen LogP contribution in [0.25, 0.3) is 0 Å². The molecule has 10 heteroatoms. The maximum absolute atomic E-state index is 13.2. The van der Waals surface area contributed by atoms with Crippen LogP contribution in [0.15, 0.2) is 30.3 Å². The first kappa shape index (κ1) is 23.1. The molecule has 2 N–H and O–H groups in total. The summed E-state index contributed by atoms with van der Waals surface area (Å²) in [4.78, 5) is 49.1. The fourth-order valence-corrected chi connectivity index (χ4v) is 4.81. The molecule has 2 fully saturated rings. The average molecular weight is 450 g/mol. The predicted octanol–water partition coefficient (Wildman–Crippen LogP) is 2.02. The summed E-state index contributed by atoms with van der Waals surface area (Å²) in [5.74, 6) is -0.772. The standard InChI is InChI=1S/C21H27N3O6S/c1-14(25)31-17(13-15-7-3-2-4-8-15)19(26)22-16-9-5-11-23-12-6-10-18(30-21(28)29)24(23)20(16)27/h2-4,7-8,16-18H,5-6,9-13H2,1H3,(H,22,26)(H,28,29)/t16-,17+,18-/m0/s1. The van der Waals surface area contributed by atoms with Gasteiger partial charge in [0.25, 0.3) is 5.91 Å². The molecule has 0 radical (unpaired) electrons. The van der Waals surface area contributed by atoms with Crippen molar-refractivity contribution >= 4 is 34.8 Å². The van der Waals surface area contributed by atoms with Crippen LogP contribution in [0.1, 0.15) is 38.2 Å². The van der Waals surface area contributed by atoms with E-state index in [9.17, 15) is 19.2 Å². The number of nitrogens with one attached hydrogen (secondary N) is 1. The molecule has 0 aliphatic carbocycles. The third kappa shape index (κ3) is 6.20. The van der Waals surface area contributed by atoms with Gasteiger partial charge in [-0.3, -0.25) is 14.4 Å². The third-order valence-electron chi connectivity index (χ3n) is 5.30. The van der Waals surface area contributed by atoms with E-state index >= 15 is 0 Å². The molecule has 2 saturated heterocycles. The number of ether oxygens (including phenoxy) is 1. The summed E-state index contributed by atoms with van der Waals surface area (Å²) in [6, 6.07) is 8.58. The number of hydrogen-bond donors (Lipinski definition) is 2. The summed E-state index contributed by atoms with van der Waals surface area (Å²) < 4.78 is 4.94. The molecule has 168 valence electrons. The molecule has 2 heterocycles. The summed E-state index contributed by atoms with van der Waals surface area (Å²) in [5.41, 5.74) is 0.917. The van der Waals surface area contributed by atoms with Gasteiger partial charge in [-0.2, -0.15) is 0 Å². The fourth-order valence-electron chi connectivity index (χ4n) is 3.96. The minimum Gasteiger partial charge on any atom is -0.450 e. The zero-order chi connectivity index (χ0) is 22.4. The number of benzene rings is 1. The molecule has 0 unspecified atom stereocenters. The number of fused-ring (bicyclic) bond motifs is 1. The number of rotatable bonds is 6. The SMILES string of the molecule is CC(=O)S[C@H](Cc1ccccc1)C(=O)N[C@H]1CCCN2CCC[C@H](OC(=O)O)N2C1=O. The average Bonchev–Trinajstić information content (AvgIpc) is 2.87. The van der Waals surface area contributed by atoms with E-state index < -0.39 is 23.7 Å². The monoisotopic (exact) mass is 449 g/mol. The number of hydrazine groups is 1. The molecular weight excluding hydrogens is 422 g/mol. The molecule has 3 atom stereocenters. The van der Waals surface area contributed by atoms with E-state index in [0.29, 0.717) is 45.2 Å². The summed E-state index contributed by atoms with van der Waals surface area (Å²) in [5, 5.41) is 14.1. The van der Waals surface area contributed by atoms with Gasteiger partial charge in [0, 0.05) is 26.4 Å². The lowest BCUT2D eigenvalue weighted by atomic mass is 10.1. The van der Waals surface area contributed by atoms with Crippen LogP contribution >= 0.6 is 11.8 Å². The van der Waals surface area contributed by atoms with Crippen LogP contribution in [0.2, 0.25) is 0 Å². The van der Waals surface area contributed by atoms with Crippen molar-refractivity contribution in [1.82, 2.24) is 15.3 Å². The Labute approximate surface area is 185 Å². The van der Waals surface area contributed by atoms with Crippen LogP contribution in [0.4, 0.5) is 4.79 Å². The van der Waals surface area contributed by atoms with Gasteiger partial charge in [-0.1, -0.05) is 42.1 Å². The maximum atomic E-state index is 13.2. The second-order valence-corrected chi connectivity index (χ2v) is 8.99. The molecule has 1 aromatic rings. The van der Waals surface area contributed by atoms with Crippen molar-refractivity contribution in [2.24, 2.45) is 0 Å². The number of amides is 2. The Hall–Kier alpha value is -2.59. The molecule has 1 aromatic carbocycles. The van der Waals surface area contributed by atoms with Gasteiger partial charge in [0.2, 0.25) is 5.91 Å². The number of carbonyl (C=O) groups excluding carboxylic acids is 3. The highest BCUT2D eigenvalue weighted by molar-refractivity contribution is 8.14. The first-order valence-corrected chi connectivity index (χ1v) is 11.2. The largest absolute Gasteiger partial charge is 0.507 e. The molecule has 0 saturated carbocycles. The first-order chi connectivity index (χ1) is 14.8. The Kier molecular flexibility index (Phi) is 7.91. The highest BCUT2D eigenvalue weighted by Gasteiger charge is 2.41. The zero-order valence-electron chi connectivity index (χ0n) is 17.4. The summed E-state index contributed by atoms with van der Waals surface area (Å²) >= 11 is 0.941. The molecule has 0 bridgehead atoms. The Morgan fingerprint density at radius 3 is 2.52 bits per heavy atom. The van der Waals surface area contributed by atoms with Crippen LogP contribution in [0.5, 0.6) is 0 Å². The minimum atomic E-state index is -1.44. The normalized spacial score (nSPS) is 22.7. The molecule has 31 heavy (non-hydrogen) atoms. The summed E-state index contributed by atoms with van der Waals surface area (Å²) in [7, 11) is 0. The molecule has 9 nitrogen and oxygen atoms in total. The third-order valence-corrected chi connectivity index (χ3v) is 6.29. The first-order valence-electron chi connectivity index (χ1n) is 10.3. The Morgan fingerprint density at radius 1 is 1.19 bits per heavy atom. The van der Waals surface area contributed by atoms with Crippen molar-refractivity contribution in [2.75, 3.05) is 13.1 Å². The Bertz CT molecular complexity index is 821. The van der Waals surface area contributed by atoms with Crippen LogP contribution < -0.4 is 5.32 Å². The number of carbonyl (C=O) groups is 4. The Balaban J connectivity index is 1.73. The second kappa shape index (κ2) is 10.6. The molecule has 2 amide bonds. The van der Waals surface area contributed by atoms with Crippen LogP contribution in [0.3, 0.4) is 0 Å². The van der Waals surface area contributed by atoms with Crippen molar-refractivity contribution in [3.8, 4) is 0 Å². The molecular formula is C21H27N3O6S. The summed E-state index contributed by atoms with van der Waals surface area (Å²) in [6.45, 7) is 2.61. The number of hydrogen-bond acceptors (Lipinski definition) is 7. The van der Waals surface area contributed by atoms with E-state index in [2.05, 4.69) is 5.32 Å². The van der Waals surface area contributed by atoms with Crippen LogP contribution in [-0.2, 0) is 25.5 Å². The predicted molar refractivity (Wildman–Crippen MR) is 114 cm³/mol. The van der Waals surface area contributed by atoms with Gasteiger partial charge in [0.15, 0.2) is 11.3 Å². The molecule has 2 aliphatic rings. The molecule has 0 spiro atoms. The van der Waals surface area contributed by atoms with E-state index in [-0.39, 0.29) is 16.9 Å². The van der Waals surface area contributed by atoms with Gasteiger partial charge < -0.3 is 15.2 Å². The topological polar surface area (TPSA) is 116 Å². The van der Waals surface area contributed by atoms with E-state index in [1.165, 1.54) is 11.9 Å². The number of thioether (sulfide) groups is 1. The van der Waals surface area contributed by atoms with Gasteiger partial charge in [0.05, 0.1) is 5.25 Å². The van der Waals surface area contributed by atoms with E-state index in [1.807, 2.05) is 30.3 Å². The van der Waals surface area contributed by atoms with Gasteiger partial charge in [-0.25, -0.2) is 14.8 Å². The van der Waals surface area contributed by atoms with E-state index in [1.54, 1.807) is 5.01 Å². The van der Waals surface area contributed by atoms with Gasteiger partial charge in [-0.05, 0) is 31.2 Å². The highest BCUT2D eigenvalue weighted by Crippen LogP contribution is 2.25. The van der Waals surface area contributed by atoms with E-state index in [0.717, 1.165) is 17.3 Å². The van der Waals surface area contributed by atoms with Gasteiger partial charge >= 0.3 is 6.16 Å².